The Balaban J connectivity index is 1.70. The number of amides is 1. The van der Waals surface area contributed by atoms with Crippen LogP contribution in [0.4, 0.5) is 4.79 Å². The van der Waals surface area contributed by atoms with E-state index in [1.165, 1.54) is 5.56 Å². The molecule has 0 unspecified atom stereocenters. The van der Waals surface area contributed by atoms with E-state index in [1.807, 2.05) is 49.9 Å². The van der Waals surface area contributed by atoms with Gasteiger partial charge in [0.1, 0.15) is 5.60 Å². The first kappa shape index (κ1) is 19.4. The molecule has 4 nitrogen and oxygen atoms in total. The topological polar surface area (TPSA) is 41.6 Å². The van der Waals surface area contributed by atoms with Gasteiger partial charge in [0.25, 0.3) is 0 Å². The summed E-state index contributed by atoms with van der Waals surface area (Å²) in [6.07, 6.45) is 1.59. The molecule has 0 aromatic heterocycles. The highest BCUT2D eigenvalue weighted by atomic mass is 16.6. The molecule has 1 amide bonds. The van der Waals surface area contributed by atoms with Gasteiger partial charge in [-0.2, -0.15) is 0 Å². The maximum Gasteiger partial charge on any atom is 0.410 e. The summed E-state index contributed by atoms with van der Waals surface area (Å²) in [5.41, 5.74) is 1.96. The third-order valence-corrected chi connectivity index (χ3v) is 4.85. The number of hydrogen-bond donors (Lipinski definition) is 1. The standard InChI is InChI=1S/C23H30N2O2/c1-23(2,3)27-22(26)25-15-14-20(24-17-18-10-6-4-7-11-18)16-21(25)19-12-8-5-9-13-19/h4-13,20-21,24H,14-17H2,1-3H3/t20-,21+/m0/s1. The van der Waals surface area contributed by atoms with Crippen LogP contribution in [0.25, 0.3) is 0 Å². The lowest BCUT2D eigenvalue weighted by atomic mass is 9.92. The molecule has 0 radical (unpaired) electrons. The van der Waals surface area contributed by atoms with Gasteiger partial charge in [-0.1, -0.05) is 60.7 Å². The van der Waals surface area contributed by atoms with Gasteiger partial charge in [-0.15, -0.1) is 0 Å². The number of nitrogens with zero attached hydrogens (tertiary/aromatic N) is 1. The Morgan fingerprint density at radius 3 is 2.33 bits per heavy atom. The Morgan fingerprint density at radius 1 is 1.07 bits per heavy atom. The van der Waals surface area contributed by atoms with Crippen molar-refractivity contribution in [3.8, 4) is 0 Å². The Kier molecular flexibility index (Phi) is 6.17. The van der Waals surface area contributed by atoms with Crippen molar-refractivity contribution in [2.24, 2.45) is 0 Å². The predicted molar refractivity (Wildman–Crippen MR) is 108 cm³/mol. The second-order valence-electron chi connectivity index (χ2n) is 8.19. The number of rotatable bonds is 4. The van der Waals surface area contributed by atoms with Crippen LogP contribution in [0.15, 0.2) is 60.7 Å². The summed E-state index contributed by atoms with van der Waals surface area (Å²) in [5, 5.41) is 3.67. The normalized spacial score (nSPS) is 20.3. The van der Waals surface area contributed by atoms with Gasteiger partial charge in [-0.05, 0) is 44.7 Å². The van der Waals surface area contributed by atoms with Gasteiger partial charge in [0.05, 0.1) is 6.04 Å². The molecule has 1 saturated heterocycles. The van der Waals surface area contributed by atoms with Crippen LogP contribution < -0.4 is 5.32 Å². The molecule has 0 saturated carbocycles. The van der Waals surface area contributed by atoms with Gasteiger partial charge in [-0.3, -0.25) is 0 Å². The quantitative estimate of drug-likeness (QED) is 0.835. The minimum atomic E-state index is -0.485. The number of ether oxygens (including phenoxy) is 1. The molecule has 1 N–H and O–H groups in total. The maximum absolute atomic E-state index is 12.8. The zero-order chi connectivity index (χ0) is 19.3. The van der Waals surface area contributed by atoms with Crippen molar-refractivity contribution < 1.29 is 9.53 Å². The van der Waals surface area contributed by atoms with Crippen LogP contribution in [0.2, 0.25) is 0 Å². The molecular weight excluding hydrogens is 336 g/mol. The molecule has 1 heterocycles. The summed E-state index contributed by atoms with van der Waals surface area (Å²) in [5.74, 6) is 0. The molecule has 144 valence electrons. The van der Waals surface area contributed by atoms with Crippen molar-refractivity contribution in [3.63, 3.8) is 0 Å². The van der Waals surface area contributed by atoms with E-state index in [1.54, 1.807) is 0 Å². The Labute approximate surface area is 162 Å². The molecule has 0 aliphatic carbocycles. The second kappa shape index (κ2) is 8.57. The van der Waals surface area contributed by atoms with Crippen LogP contribution in [0, 0.1) is 0 Å². The van der Waals surface area contributed by atoms with E-state index in [-0.39, 0.29) is 12.1 Å². The van der Waals surface area contributed by atoms with Crippen LogP contribution in [-0.2, 0) is 11.3 Å². The van der Waals surface area contributed by atoms with E-state index in [2.05, 4.69) is 41.7 Å². The minimum Gasteiger partial charge on any atom is -0.444 e. The minimum absolute atomic E-state index is 0.0306. The van der Waals surface area contributed by atoms with Crippen molar-refractivity contribution in [2.45, 2.75) is 57.8 Å². The molecular formula is C23H30N2O2. The fourth-order valence-electron chi connectivity index (χ4n) is 3.54. The number of carbonyl (C=O) groups is 1. The Hall–Kier alpha value is -2.33. The molecule has 4 heteroatoms. The molecule has 2 atom stereocenters. The summed E-state index contributed by atoms with van der Waals surface area (Å²) < 4.78 is 5.66. The van der Waals surface area contributed by atoms with Crippen LogP contribution in [0.3, 0.4) is 0 Å². The summed E-state index contributed by atoms with van der Waals surface area (Å²) in [4.78, 5) is 14.7. The highest BCUT2D eigenvalue weighted by Crippen LogP contribution is 2.32. The third kappa shape index (κ3) is 5.57. The molecule has 3 rings (SSSR count). The SMILES string of the molecule is CC(C)(C)OC(=O)N1CC[C@H](NCc2ccccc2)C[C@@H]1c1ccccc1. The molecule has 0 spiro atoms. The Morgan fingerprint density at radius 2 is 1.70 bits per heavy atom. The van der Waals surface area contributed by atoms with Crippen LogP contribution in [0.1, 0.15) is 50.8 Å². The first-order valence-electron chi connectivity index (χ1n) is 9.74. The second-order valence-corrected chi connectivity index (χ2v) is 8.19. The first-order valence-corrected chi connectivity index (χ1v) is 9.74. The van der Waals surface area contributed by atoms with Gasteiger partial charge in [0, 0.05) is 19.1 Å². The van der Waals surface area contributed by atoms with Crippen molar-refractivity contribution in [1.82, 2.24) is 10.2 Å². The van der Waals surface area contributed by atoms with Crippen molar-refractivity contribution in [1.29, 1.82) is 0 Å². The van der Waals surface area contributed by atoms with Gasteiger partial charge in [-0.25, -0.2) is 4.79 Å². The lowest BCUT2D eigenvalue weighted by molar-refractivity contribution is 0.00652. The molecule has 1 aliphatic rings. The van der Waals surface area contributed by atoms with Gasteiger partial charge >= 0.3 is 6.09 Å². The van der Waals surface area contributed by atoms with Crippen molar-refractivity contribution >= 4 is 6.09 Å². The molecule has 27 heavy (non-hydrogen) atoms. The lowest BCUT2D eigenvalue weighted by Crippen LogP contribution is -2.48. The highest BCUT2D eigenvalue weighted by molar-refractivity contribution is 5.69. The molecule has 1 aliphatic heterocycles. The van der Waals surface area contributed by atoms with Gasteiger partial charge in [0.2, 0.25) is 0 Å². The highest BCUT2D eigenvalue weighted by Gasteiger charge is 2.34. The number of piperidine rings is 1. The smallest absolute Gasteiger partial charge is 0.410 e. The summed E-state index contributed by atoms with van der Waals surface area (Å²) >= 11 is 0. The summed E-state index contributed by atoms with van der Waals surface area (Å²) in [6.45, 7) is 7.28. The van der Waals surface area contributed by atoms with E-state index in [0.717, 1.165) is 24.9 Å². The van der Waals surface area contributed by atoms with Crippen molar-refractivity contribution in [3.05, 3.63) is 71.8 Å². The van der Waals surface area contributed by atoms with E-state index in [4.69, 9.17) is 4.74 Å². The summed E-state index contributed by atoms with van der Waals surface area (Å²) in [6, 6.07) is 21.1. The summed E-state index contributed by atoms with van der Waals surface area (Å²) in [7, 11) is 0. The van der Waals surface area contributed by atoms with E-state index >= 15 is 0 Å². The molecule has 2 aromatic carbocycles. The molecule has 2 aromatic rings. The van der Waals surface area contributed by atoms with Crippen molar-refractivity contribution in [2.75, 3.05) is 6.54 Å². The predicted octanol–water partition coefficient (Wildman–Crippen LogP) is 4.92. The number of benzene rings is 2. The Bertz CT molecular complexity index is 725. The van der Waals surface area contributed by atoms with Crippen LogP contribution in [-0.4, -0.2) is 29.2 Å². The maximum atomic E-state index is 12.8. The van der Waals surface area contributed by atoms with Gasteiger partial charge in [0.15, 0.2) is 0 Å². The average Bonchev–Trinajstić information content (AvgIpc) is 2.66. The zero-order valence-corrected chi connectivity index (χ0v) is 16.5. The van der Waals surface area contributed by atoms with E-state index in [9.17, 15) is 4.79 Å². The largest absolute Gasteiger partial charge is 0.444 e. The number of nitrogens with one attached hydrogen (secondary N) is 1. The molecule has 1 fully saturated rings. The molecule has 0 bridgehead atoms. The number of carbonyl (C=O) groups excluding carboxylic acids is 1. The zero-order valence-electron chi connectivity index (χ0n) is 16.5. The monoisotopic (exact) mass is 366 g/mol. The van der Waals surface area contributed by atoms with E-state index in [0.29, 0.717) is 12.6 Å². The number of hydrogen-bond acceptors (Lipinski definition) is 3. The fraction of sp³-hybridized carbons (Fsp3) is 0.435. The van der Waals surface area contributed by atoms with E-state index < -0.39 is 5.60 Å². The number of likely N-dealkylation sites (tertiary alicyclic amines) is 1. The third-order valence-electron chi connectivity index (χ3n) is 4.85. The van der Waals surface area contributed by atoms with Gasteiger partial charge < -0.3 is 15.0 Å². The first-order chi connectivity index (χ1) is 12.9. The van der Waals surface area contributed by atoms with Crippen LogP contribution >= 0.6 is 0 Å². The van der Waals surface area contributed by atoms with Crippen LogP contribution in [0.5, 0.6) is 0 Å². The fourth-order valence-corrected chi connectivity index (χ4v) is 3.54. The lowest BCUT2D eigenvalue weighted by Gasteiger charge is -2.40. The average molecular weight is 367 g/mol.